The van der Waals surface area contributed by atoms with Crippen LogP contribution >= 0.6 is 0 Å². The standard InChI is InChI=1S/C11H15NO3S/c1-9-2-4-10(5-3-9)16(14,15)12-8-11(13)6-7-11/h2-5,12-13H,6-8H2,1H3. The van der Waals surface area contributed by atoms with Gasteiger partial charge in [0.15, 0.2) is 0 Å². The van der Waals surface area contributed by atoms with Crippen LogP contribution in [0.15, 0.2) is 29.2 Å². The van der Waals surface area contributed by atoms with E-state index in [1.807, 2.05) is 6.92 Å². The van der Waals surface area contributed by atoms with Gasteiger partial charge in [0.05, 0.1) is 10.5 Å². The van der Waals surface area contributed by atoms with Gasteiger partial charge in [-0.1, -0.05) is 17.7 Å². The minimum atomic E-state index is -3.48. The van der Waals surface area contributed by atoms with Crippen LogP contribution in [0.25, 0.3) is 0 Å². The average Bonchev–Trinajstić information content (AvgIpc) is 2.96. The Morgan fingerprint density at radius 1 is 1.31 bits per heavy atom. The zero-order chi connectivity index (χ0) is 11.8. The number of hydrogen-bond donors (Lipinski definition) is 2. The van der Waals surface area contributed by atoms with Crippen molar-refractivity contribution in [2.75, 3.05) is 6.54 Å². The number of aliphatic hydroxyl groups is 1. The summed E-state index contributed by atoms with van der Waals surface area (Å²) in [6.07, 6.45) is 1.34. The Morgan fingerprint density at radius 3 is 2.38 bits per heavy atom. The van der Waals surface area contributed by atoms with E-state index in [1.54, 1.807) is 24.3 Å². The molecule has 0 aliphatic heterocycles. The Hall–Kier alpha value is -0.910. The van der Waals surface area contributed by atoms with E-state index < -0.39 is 15.6 Å². The van der Waals surface area contributed by atoms with E-state index in [-0.39, 0.29) is 11.4 Å². The zero-order valence-corrected chi connectivity index (χ0v) is 9.92. The Morgan fingerprint density at radius 2 is 1.88 bits per heavy atom. The number of nitrogens with one attached hydrogen (secondary N) is 1. The first-order chi connectivity index (χ1) is 7.41. The summed E-state index contributed by atoms with van der Waals surface area (Å²) in [6, 6.07) is 6.63. The molecular weight excluding hydrogens is 226 g/mol. The summed E-state index contributed by atoms with van der Waals surface area (Å²) >= 11 is 0. The molecule has 2 N–H and O–H groups in total. The molecule has 0 spiro atoms. The van der Waals surface area contributed by atoms with Crippen LogP contribution in [0.5, 0.6) is 0 Å². The Bertz CT molecular complexity index is 474. The Kier molecular flexibility index (Phi) is 2.77. The summed E-state index contributed by atoms with van der Waals surface area (Å²) in [5.74, 6) is 0. The smallest absolute Gasteiger partial charge is 0.240 e. The minimum absolute atomic E-state index is 0.100. The summed E-state index contributed by atoms with van der Waals surface area (Å²) in [5, 5.41) is 9.56. The first-order valence-electron chi connectivity index (χ1n) is 5.20. The Balaban J connectivity index is 2.09. The molecule has 1 fully saturated rings. The molecule has 5 heteroatoms. The SMILES string of the molecule is Cc1ccc(S(=O)(=O)NCC2(O)CC2)cc1. The number of sulfonamides is 1. The predicted molar refractivity (Wildman–Crippen MR) is 60.6 cm³/mol. The molecule has 1 aliphatic rings. The third kappa shape index (κ3) is 2.61. The molecule has 16 heavy (non-hydrogen) atoms. The molecule has 0 amide bonds. The third-order valence-electron chi connectivity index (χ3n) is 2.75. The van der Waals surface area contributed by atoms with Gasteiger partial charge in [0.2, 0.25) is 10.0 Å². The first kappa shape index (κ1) is 11.6. The van der Waals surface area contributed by atoms with Crippen molar-refractivity contribution in [1.82, 2.24) is 4.72 Å². The highest BCUT2D eigenvalue weighted by atomic mass is 32.2. The number of hydrogen-bond acceptors (Lipinski definition) is 3. The molecule has 1 aromatic rings. The molecule has 0 unspecified atom stereocenters. The van der Waals surface area contributed by atoms with Gasteiger partial charge in [0.25, 0.3) is 0 Å². The van der Waals surface area contributed by atoms with Crippen LogP contribution in [0.1, 0.15) is 18.4 Å². The number of aryl methyl sites for hydroxylation is 1. The van der Waals surface area contributed by atoms with Crippen LogP contribution in [0.2, 0.25) is 0 Å². The second-order valence-electron chi connectivity index (χ2n) is 4.36. The van der Waals surface area contributed by atoms with Gasteiger partial charge in [-0.3, -0.25) is 0 Å². The molecule has 1 saturated carbocycles. The normalized spacial score (nSPS) is 18.4. The highest BCUT2D eigenvalue weighted by Crippen LogP contribution is 2.34. The van der Waals surface area contributed by atoms with E-state index in [0.29, 0.717) is 12.8 Å². The van der Waals surface area contributed by atoms with Crippen molar-refractivity contribution in [2.24, 2.45) is 0 Å². The molecule has 0 radical (unpaired) electrons. The molecule has 0 heterocycles. The van der Waals surface area contributed by atoms with Crippen molar-refractivity contribution in [3.05, 3.63) is 29.8 Å². The molecular formula is C11H15NO3S. The highest BCUT2D eigenvalue weighted by Gasteiger charge is 2.41. The average molecular weight is 241 g/mol. The van der Waals surface area contributed by atoms with Crippen molar-refractivity contribution in [3.63, 3.8) is 0 Å². The maximum atomic E-state index is 11.8. The molecule has 0 aromatic heterocycles. The molecule has 1 aromatic carbocycles. The summed E-state index contributed by atoms with van der Waals surface area (Å²) < 4.78 is 26.0. The lowest BCUT2D eigenvalue weighted by molar-refractivity contribution is 0.155. The van der Waals surface area contributed by atoms with Crippen molar-refractivity contribution >= 4 is 10.0 Å². The lowest BCUT2D eigenvalue weighted by Crippen LogP contribution is -2.33. The van der Waals surface area contributed by atoms with E-state index in [0.717, 1.165) is 5.56 Å². The van der Waals surface area contributed by atoms with Gasteiger partial charge in [0, 0.05) is 6.54 Å². The molecule has 0 bridgehead atoms. The van der Waals surface area contributed by atoms with Crippen molar-refractivity contribution in [3.8, 4) is 0 Å². The van der Waals surface area contributed by atoms with Crippen molar-refractivity contribution in [1.29, 1.82) is 0 Å². The van der Waals surface area contributed by atoms with Crippen LogP contribution in [0.4, 0.5) is 0 Å². The lowest BCUT2D eigenvalue weighted by Gasteiger charge is -2.10. The van der Waals surface area contributed by atoms with E-state index >= 15 is 0 Å². The second-order valence-corrected chi connectivity index (χ2v) is 6.13. The molecule has 4 nitrogen and oxygen atoms in total. The predicted octanol–water partition coefficient (Wildman–Crippen LogP) is 0.798. The molecule has 0 atom stereocenters. The summed E-state index contributed by atoms with van der Waals surface area (Å²) in [7, 11) is -3.48. The van der Waals surface area contributed by atoms with Crippen LogP contribution in [0.3, 0.4) is 0 Å². The van der Waals surface area contributed by atoms with Gasteiger partial charge in [0.1, 0.15) is 0 Å². The van der Waals surface area contributed by atoms with Crippen LogP contribution in [-0.4, -0.2) is 25.7 Å². The van der Waals surface area contributed by atoms with Crippen molar-refractivity contribution in [2.45, 2.75) is 30.3 Å². The lowest BCUT2D eigenvalue weighted by atomic mass is 10.2. The van der Waals surface area contributed by atoms with Crippen LogP contribution < -0.4 is 4.72 Å². The van der Waals surface area contributed by atoms with E-state index in [2.05, 4.69) is 4.72 Å². The summed E-state index contributed by atoms with van der Waals surface area (Å²) in [5.41, 5.74) is 0.206. The maximum absolute atomic E-state index is 11.8. The number of rotatable bonds is 4. The fraction of sp³-hybridized carbons (Fsp3) is 0.455. The third-order valence-corrected chi connectivity index (χ3v) is 4.17. The highest BCUT2D eigenvalue weighted by molar-refractivity contribution is 7.89. The molecule has 2 rings (SSSR count). The monoisotopic (exact) mass is 241 g/mol. The quantitative estimate of drug-likeness (QED) is 0.819. The molecule has 0 saturated heterocycles. The topological polar surface area (TPSA) is 66.4 Å². The fourth-order valence-corrected chi connectivity index (χ4v) is 2.47. The second kappa shape index (κ2) is 3.84. The van der Waals surface area contributed by atoms with Crippen LogP contribution in [-0.2, 0) is 10.0 Å². The van der Waals surface area contributed by atoms with E-state index in [4.69, 9.17) is 0 Å². The van der Waals surface area contributed by atoms with E-state index in [1.165, 1.54) is 0 Å². The van der Waals surface area contributed by atoms with Gasteiger partial charge in [-0.05, 0) is 31.9 Å². The van der Waals surface area contributed by atoms with Gasteiger partial charge in [-0.15, -0.1) is 0 Å². The largest absolute Gasteiger partial charge is 0.389 e. The van der Waals surface area contributed by atoms with Gasteiger partial charge >= 0.3 is 0 Å². The van der Waals surface area contributed by atoms with Gasteiger partial charge < -0.3 is 5.11 Å². The summed E-state index contributed by atoms with van der Waals surface area (Å²) in [6.45, 7) is 2.00. The first-order valence-corrected chi connectivity index (χ1v) is 6.68. The number of benzene rings is 1. The Labute approximate surface area is 95.4 Å². The minimum Gasteiger partial charge on any atom is -0.389 e. The zero-order valence-electron chi connectivity index (χ0n) is 9.10. The van der Waals surface area contributed by atoms with Crippen LogP contribution in [0, 0.1) is 6.92 Å². The summed E-state index contributed by atoms with van der Waals surface area (Å²) in [4.78, 5) is 0.238. The van der Waals surface area contributed by atoms with E-state index in [9.17, 15) is 13.5 Å². The molecule has 88 valence electrons. The van der Waals surface area contributed by atoms with Crippen molar-refractivity contribution < 1.29 is 13.5 Å². The molecule has 1 aliphatic carbocycles. The van der Waals surface area contributed by atoms with Gasteiger partial charge in [-0.2, -0.15) is 0 Å². The maximum Gasteiger partial charge on any atom is 0.240 e. The van der Waals surface area contributed by atoms with Gasteiger partial charge in [-0.25, -0.2) is 13.1 Å². The fourth-order valence-electron chi connectivity index (χ4n) is 1.35.